The predicted molar refractivity (Wildman–Crippen MR) is 77.9 cm³/mol. The number of nitrogens with two attached hydrogens (primary N) is 1. The molecule has 0 unspecified atom stereocenters. The fraction of sp³-hybridized carbons (Fsp3) is 0.571. The highest BCUT2D eigenvalue weighted by Gasteiger charge is 2.18. The summed E-state index contributed by atoms with van der Waals surface area (Å²) in [7, 11) is 0. The molecule has 1 fully saturated rings. The molecule has 1 saturated heterocycles. The average Bonchev–Trinajstić information content (AvgIpc) is 2.43. The van der Waals surface area contributed by atoms with E-state index in [-0.39, 0.29) is 12.4 Å². The summed E-state index contributed by atoms with van der Waals surface area (Å²) in [6, 6.07) is 4.81. The fourth-order valence-corrected chi connectivity index (χ4v) is 2.13. The zero-order chi connectivity index (χ0) is 14.3. The van der Waals surface area contributed by atoms with Crippen LogP contribution in [0, 0.1) is 5.82 Å². The second kappa shape index (κ2) is 7.96. The molecule has 0 aliphatic carbocycles. The molecule has 1 aromatic rings. The summed E-state index contributed by atoms with van der Waals surface area (Å²) in [6.45, 7) is 8.13. The van der Waals surface area contributed by atoms with Crippen LogP contribution in [0.1, 0.15) is 13.8 Å². The Bertz CT molecular complexity index is 379. The van der Waals surface area contributed by atoms with E-state index in [0.717, 1.165) is 26.2 Å². The van der Waals surface area contributed by atoms with Crippen LogP contribution in [0.15, 0.2) is 18.2 Å². The Hall–Kier alpha value is -1.33. The van der Waals surface area contributed by atoms with E-state index in [9.17, 15) is 4.39 Å². The molecule has 1 aliphatic rings. The lowest BCUT2D eigenvalue weighted by Crippen LogP contribution is -2.47. The lowest BCUT2D eigenvalue weighted by molar-refractivity contribution is 0.188. The van der Waals surface area contributed by atoms with Gasteiger partial charge in [0.25, 0.3) is 0 Å². The van der Waals surface area contributed by atoms with Crippen LogP contribution in [-0.2, 0) is 0 Å². The molecule has 0 radical (unpaired) electrons. The van der Waals surface area contributed by atoms with Gasteiger partial charge >= 0.3 is 0 Å². The van der Waals surface area contributed by atoms with Crippen molar-refractivity contribution in [3.63, 3.8) is 0 Å². The van der Waals surface area contributed by atoms with Crippen LogP contribution in [0.5, 0.6) is 0 Å². The van der Waals surface area contributed by atoms with Gasteiger partial charge in [-0.15, -0.1) is 0 Å². The van der Waals surface area contributed by atoms with Crippen molar-refractivity contribution >= 4 is 11.4 Å². The molecule has 108 valence electrons. The van der Waals surface area contributed by atoms with Crippen LogP contribution in [0.2, 0.25) is 0 Å². The number of benzene rings is 1. The number of anilines is 2. The van der Waals surface area contributed by atoms with Gasteiger partial charge in [0, 0.05) is 38.4 Å². The van der Waals surface area contributed by atoms with Crippen molar-refractivity contribution in [2.45, 2.75) is 13.8 Å². The molecule has 0 saturated carbocycles. The molecule has 1 aromatic carbocycles. The number of β-amino-alcohol motifs (C(OH)–C–C–N with tert-alkyl or cyclic N) is 1. The van der Waals surface area contributed by atoms with E-state index in [1.54, 1.807) is 12.1 Å². The standard InChI is InChI=1S/C12H18FN3O.C2H6/c13-11-9-10(14)1-2-12(11)16-5-3-15(4-6-16)7-8-17;1-2/h1-2,9,17H,3-8,14H2;1-2H3. The van der Waals surface area contributed by atoms with Crippen LogP contribution in [0.4, 0.5) is 15.8 Å². The van der Waals surface area contributed by atoms with Crippen molar-refractivity contribution in [2.75, 3.05) is 50.0 Å². The molecule has 1 aliphatic heterocycles. The summed E-state index contributed by atoms with van der Waals surface area (Å²) in [5.74, 6) is -0.263. The van der Waals surface area contributed by atoms with Gasteiger partial charge in [0.1, 0.15) is 5.82 Å². The van der Waals surface area contributed by atoms with Crippen molar-refractivity contribution in [1.82, 2.24) is 4.90 Å². The number of aliphatic hydroxyl groups is 1. The van der Waals surface area contributed by atoms with Crippen LogP contribution < -0.4 is 10.6 Å². The first-order chi connectivity index (χ1) is 9.20. The minimum Gasteiger partial charge on any atom is -0.399 e. The highest BCUT2D eigenvalue weighted by atomic mass is 19.1. The number of rotatable bonds is 3. The van der Waals surface area contributed by atoms with Gasteiger partial charge in [-0.05, 0) is 18.2 Å². The second-order valence-electron chi connectivity index (χ2n) is 4.26. The summed E-state index contributed by atoms with van der Waals surface area (Å²) in [5, 5.41) is 8.85. The van der Waals surface area contributed by atoms with Gasteiger partial charge in [0.2, 0.25) is 0 Å². The molecule has 0 amide bonds. The van der Waals surface area contributed by atoms with Crippen LogP contribution in [-0.4, -0.2) is 49.3 Å². The van der Waals surface area contributed by atoms with Gasteiger partial charge < -0.3 is 15.7 Å². The summed E-state index contributed by atoms with van der Waals surface area (Å²) in [4.78, 5) is 4.19. The van der Waals surface area contributed by atoms with Gasteiger partial charge in [-0.3, -0.25) is 4.90 Å². The second-order valence-corrected chi connectivity index (χ2v) is 4.26. The Balaban J connectivity index is 0.000000861. The third-order valence-electron chi connectivity index (χ3n) is 3.10. The molecule has 0 aromatic heterocycles. The summed E-state index contributed by atoms with van der Waals surface area (Å²) in [5.41, 5.74) is 6.59. The van der Waals surface area contributed by atoms with E-state index in [2.05, 4.69) is 4.90 Å². The molecule has 1 heterocycles. The van der Waals surface area contributed by atoms with E-state index in [1.807, 2.05) is 18.7 Å². The molecule has 4 nitrogen and oxygen atoms in total. The first kappa shape index (κ1) is 15.7. The molecule has 5 heteroatoms. The van der Waals surface area contributed by atoms with Crippen molar-refractivity contribution in [3.05, 3.63) is 24.0 Å². The Morgan fingerprint density at radius 1 is 1.21 bits per heavy atom. The van der Waals surface area contributed by atoms with E-state index < -0.39 is 0 Å². The fourth-order valence-electron chi connectivity index (χ4n) is 2.13. The highest BCUT2D eigenvalue weighted by Crippen LogP contribution is 2.22. The third-order valence-corrected chi connectivity index (χ3v) is 3.10. The van der Waals surface area contributed by atoms with E-state index in [1.165, 1.54) is 6.07 Å². The van der Waals surface area contributed by atoms with Crippen LogP contribution >= 0.6 is 0 Å². The summed E-state index contributed by atoms with van der Waals surface area (Å²) in [6.07, 6.45) is 0. The lowest BCUT2D eigenvalue weighted by atomic mass is 10.2. The number of hydrogen-bond donors (Lipinski definition) is 2. The monoisotopic (exact) mass is 269 g/mol. The van der Waals surface area contributed by atoms with Gasteiger partial charge in [0.15, 0.2) is 0 Å². The van der Waals surface area contributed by atoms with E-state index >= 15 is 0 Å². The summed E-state index contributed by atoms with van der Waals surface area (Å²) >= 11 is 0. The van der Waals surface area contributed by atoms with E-state index in [0.29, 0.717) is 17.9 Å². The number of piperazine rings is 1. The Morgan fingerprint density at radius 3 is 2.37 bits per heavy atom. The molecular weight excluding hydrogens is 245 g/mol. The molecule has 0 atom stereocenters. The Kier molecular flexibility index (Phi) is 6.59. The number of aliphatic hydroxyl groups excluding tert-OH is 1. The normalized spacial score (nSPS) is 15.9. The number of nitrogen functional groups attached to an aromatic ring is 1. The van der Waals surface area contributed by atoms with Crippen LogP contribution in [0.25, 0.3) is 0 Å². The van der Waals surface area contributed by atoms with Crippen molar-refractivity contribution in [3.8, 4) is 0 Å². The maximum atomic E-state index is 13.7. The number of hydrogen-bond acceptors (Lipinski definition) is 4. The maximum absolute atomic E-state index is 13.7. The third kappa shape index (κ3) is 4.36. The van der Waals surface area contributed by atoms with Gasteiger partial charge in [0.05, 0.1) is 12.3 Å². The molecule has 2 rings (SSSR count). The minimum absolute atomic E-state index is 0.177. The Labute approximate surface area is 114 Å². The first-order valence-corrected chi connectivity index (χ1v) is 6.84. The van der Waals surface area contributed by atoms with Crippen LogP contribution in [0.3, 0.4) is 0 Å². The zero-order valence-electron chi connectivity index (χ0n) is 11.8. The number of nitrogens with zero attached hydrogens (tertiary/aromatic N) is 2. The zero-order valence-corrected chi connectivity index (χ0v) is 11.8. The lowest BCUT2D eigenvalue weighted by Gasteiger charge is -2.35. The smallest absolute Gasteiger partial charge is 0.148 e. The molecule has 0 spiro atoms. The molecule has 19 heavy (non-hydrogen) atoms. The van der Waals surface area contributed by atoms with Crippen molar-refractivity contribution in [2.24, 2.45) is 0 Å². The quantitative estimate of drug-likeness (QED) is 0.818. The Morgan fingerprint density at radius 2 is 1.84 bits per heavy atom. The molecule has 0 bridgehead atoms. The van der Waals surface area contributed by atoms with Gasteiger partial charge in [-0.1, -0.05) is 13.8 Å². The van der Waals surface area contributed by atoms with Crippen molar-refractivity contribution in [1.29, 1.82) is 0 Å². The maximum Gasteiger partial charge on any atom is 0.148 e. The first-order valence-electron chi connectivity index (χ1n) is 6.84. The van der Waals surface area contributed by atoms with Gasteiger partial charge in [-0.2, -0.15) is 0 Å². The average molecular weight is 269 g/mol. The molecular formula is C14H24FN3O. The number of halogens is 1. The molecule has 3 N–H and O–H groups in total. The summed E-state index contributed by atoms with van der Waals surface area (Å²) < 4.78 is 13.7. The van der Waals surface area contributed by atoms with Gasteiger partial charge in [-0.25, -0.2) is 4.39 Å². The predicted octanol–water partition coefficient (Wildman–Crippen LogP) is 1.55. The van der Waals surface area contributed by atoms with E-state index in [4.69, 9.17) is 10.8 Å². The SMILES string of the molecule is CC.Nc1ccc(N2CCN(CCO)CC2)c(F)c1. The largest absolute Gasteiger partial charge is 0.399 e. The topological polar surface area (TPSA) is 52.7 Å². The minimum atomic E-state index is -0.263. The highest BCUT2D eigenvalue weighted by molar-refractivity contribution is 5.54. The van der Waals surface area contributed by atoms with Crippen molar-refractivity contribution < 1.29 is 9.50 Å².